The molecule has 1 atom stereocenters. The second kappa shape index (κ2) is 14.6. The van der Waals surface area contributed by atoms with E-state index < -0.39 is 56.9 Å². The molecule has 1 N–H and O–H groups in total. The number of benzene rings is 3. The quantitative estimate of drug-likeness (QED) is 0.274. The number of nitrogens with zero attached hydrogens (tertiary/aromatic N) is 2. The Morgan fingerprint density at radius 3 is 2.28 bits per heavy atom. The summed E-state index contributed by atoms with van der Waals surface area (Å²) in [5.41, 5.74) is -0.313. The third kappa shape index (κ3) is 9.36. The van der Waals surface area contributed by atoms with Gasteiger partial charge >= 0.3 is 6.18 Å². The normalized spacial score (nSPS) is 12.3. The summed E-state index contributed by atoms with van der Waals surface area (Å²) >= 11 is 5.75. The van der Waals surface area contributed by atoms with Crippen molar-refractivity contribution in [3.05, 3.63) is 94.5 Å². The Balaban J connectivity index is 2.10. The average Bonchev–Trinajstić information content (AvgIpc) is 2.96. The van der Waals surface area contributed by atoms with Gasteiger partial charge in [0.15, 0.2) is 0 Å². The molecule has 2 amide bonds. The van der Waals surface area contributed by atoms with Crippen molar-refractivity contribution in [2.45, 2.75) is 38.5 Å². The van der Waals surface area contributed by atoms with Gasteiger partial charge in [-0.2, -0.15) is 13.2 Å². The van der Waals surface area contributed by atoms with Crippen molar-refractivity contribution in [1.29, 1.82) is 0 Å². The Hall–Kier alpha value is -3.77. The first-order valence-corrected chi connectivity index (χ1v) is 15.6. The van der Waals surface area contributed by atoms with Crippen LogP contribution in [0, 0.1) is 0 Å². The summed E-state index contributed by atoms with van der Waals surface area (Å²) < 4.78 is 72.4. The molecule has 3 rings (SSSR count). The number of hydrogen-bond donors (Lipinski definition) is 1. The number of methoxy groups -OCH3 is 1. The Labute approximate surface area is 254 Å². The molecular formula is C30H33ClF3N3O5S. The van der Waals surface area contributed by atoms with E-state index in [0.717, 1.165) is 24.0 Å². The van der Waals surface area contributed by atoms with Gasteiger partial charge in [0.05, 0.1) is 29.6 Å². The van der Waals surface area contributed by atoms with E-state index in [1.165, 1.54) is 12.0 Å². The fourth-order valence-electron chi connectivity index (χ4n) is 4.39. The van der Waals surface area contributed by atoms with Gasteiger partial charge in [-0.1, -0.05) is 61.0 Å². The van der Waals surface area contributed by atoms with E-state index in [-0.39, 0.29) is 13.0 Å². The van der Waals surface area contributed by atoms with Gasteiger partial charge in [0.1, 0.15) is 18.3 Å². The molecule has 0 aromatic heterocycles. The van der Waals surface area contributed by atoms with E-state index in [0.29, 0.717) is 34.7 Å². The zero-order chi connectivity index (χ0) is 31.8. The fraction of sp³-hybridized carbons (Fsp3) is 0.333. The summed E-state index contributed by atoms with van der Waals surface area (Å²) in [6.45, 7) is 1.23. The molecule has 0 saturated heterocycles. The minimum absolute atomic E-state index is 0.101. The van der Waals surface area contributed by atoms with E-state index in [9.17, 15) is 31.2 Å². The highest BCUT2D eigenvalue weighted by Crippen LogP contribution is 2.37. The molecule has 0 radical (unpaired) electrons. The van der Waals surface area contributed by atoms with Crippen LogP contribution in [0.3, 0.4) is 0 Å². The lowest BCUT2D eigenvalue weighted by Crippen LogP contribution is -2.53. The minimum Gasteiger partial charge on any atom is -0.497 e. The number of amides is 2. The molecule has 0 heterocycles. The predicted molar refractivity (Wildman–Crippen MR) is 159 cm³/mol. The number of alkyl halides is 3. The van der Waals surface area contributed by atoms with E-state index in [1.807, 2.05) is 6.92 Å². The largest absolute Gasteiger partial charge is 0.497 e. The number of nitrogens with one attached hydrogen (secondary N) is 1. The summed E-state index contributed by atoms with van der Waals surface area (Å²) in [6, 6.07) is 17.3. The van der Waals surface area contributed by atoms with Crippen LogP contribution in [0.5, 0.6) is 5.75 Å². The van der Waals surface area contributed by atoms with Crippen LogP contribution in [0.25, 0.3) is 0 Å². The summed E-state index contributed by atoms with van der Waals surface area (Å²) in [6.07, 6.45) is -3.35. The molecule has 0 bridgehead atoms. The van der Waals surface area contributed by atoms with E-state index in [4.69, 9.17) is 16.3 Å². The Bertz CT molecular complexity index is 1520. The standard InChI is InChI=1S/C30H33ClF3N3O5S/c1-4-15-35-29(39)27(17-21-9-6-5-7-10-21)36(19-22-11-8-12-24(16-22)42-2)28(38)20-37(43(3,40)41)23-13-14-26(31)25(18-23)30(32,33)34/h5-14,16,18,27H,4,15,17,19-20H2,1-3H3,(H,35,39). The zero-order valence-electron chi connectivity index (χ0n) is 23.9. The number of carbonyl (C=O) groups is 2. The third-order valence-electron chi connectivity index (χ3n) is 6.53. The number of hydrogen-bond acceptors (Lipinski definition) is 5. The maximum Gasteiger partial charge on any atom is 0.417 e. The van der Waals surface area contributed by atoms with Crippen LogP contribution < -0.4 is 14.4 Å². The van der Waals surface area contributed by atoms with Crippen molar-refractivity contribution in [3.63, 3.8) is 0 Å². The molecule has 3 aromatic rings. The van der Waals surface area contributed by atoms with Gasteiger partial charge in [-0.15, -0.1) is 0 Å². The Morgan fingerprint density at radius 1 is 1.00 bits per heavy atom. The van der Waals surface area contributed by atoms with Gasteiger partial charge in [0.25, 0.3) is 0 Å². The molecule has 8 nitrogen and oxygen atoms in total. The Morgan fingerprint density at radius 2 is 1.67 bits per heavy atom. The minimum atomic E-state index is -4.86. The lowest BCUT2D eigenvalue weighted by Gasteiger charge is -2.33. The van der Waals surface area contributed by atoms with Crippen molar-refractivity contribution in [2.24, 2.45) is 0 Å². The maximum atomic E-state index is 14.1. The topological polar surface area (TPSA) is 96.0 Å². The highest BCUT2D eigenvalue weighted by Gasteiger charge is 2.36. The molecule has 3 aromatic carbocycles. The number of halogens is 4. The molecule has 43 heavy (non-hydrogen) atoms. The lowest BCUT2D eigenvalue weighted by atomic mass is 10.0. The molecular weight excluding hydrogens is 607 g/mol. The summed E-state index contributed by atoms with van der Waals surface area (Å²) in [4.78, 5) is 28.8. The van der Waals surface area contributed by atoms with Crippen molar-refractivity contribution in [3.8, 4) is 5.75 Å². The maximum absolute atomic E-state index is 14.1. The van der Waals surface area contributed by atoms with Gasteiger partial charge in [-0.05, 0) is 47.9 Å². The summed E-state index contributed by atoms with van der Waals surface area (Å²) in [5.74, 6) is -0.762. The van der Waals surface area contributed by atoms with E-state index in [1.54, 1.807) is 54.6 Å². The van der Waals surface area contributed by atoms with Gasteiger partial charge in [-0.25, -0.2) is 8.42 Å². The first kappa shape index (κ1) is 33.7. The number of anilines is 1. The molecule has 0 aliphatic rings. The van der Waals surface area contributed by atoms with Gasteiger partial charge in [-0.3, -0.25) is 13.9 Å². The van der Waals surface area contributed by atoms with Crippen LogP contribution in [0.1, 0.15) is 30.0 Å². The third-order valence-corrected chi connectivity index (χ3v) is 8.00. The predicted octanol–water partition coefficient (Wildman–Crippen LogP) is 5.30. The molecule has 232 valence electrons. The fourth-order valence-corrected chi connectivity index (χ4v) is 5.45. The van der Waals surface area contributed by atoms with Crippen LogP contribution >= 0.6 is 11.6 Å². The highest BCUT2D eigenvalue weighted by molar-refractivity contribution is 7.92. The summed E-state index contributed by atoms with van der Waals surface area (Å²) in [5, 5.41) is 2.19. The van der Waals surface area contributed by atoms with Crippen LogP contribution in [0.4, 0.5) is 18.9 Å². The van der Waals surface area contributed by atoms with Gasteiger partial charge in [0, 0.05) is 19.5 Å². The second-order valence-corrected chi connectivity index (χ2v) is 12.1. The number of sulfonamides is 1. The Kier molecular flexibility index (Phi) is 11.5. The van der Waals surface area contributed by atoms with Crippen molar-refractivity contribution in [1.82, 2.24) is 10.2 Å². The van der Waals surface area contributed by atoms with Crippen LogP contribution in [-0.2, 0) is 38.8 Å². The average molecular weight is 640 g/mol. The zero-order valence-corrected chi connectivity index (χ0v) is 25.5. The van der Waals surface area contributed by atoms with Crippen LogP contribution in [-0.4, -0.2) is 57.6 Å². The molecule has 1 unspecified atom stereocenters. The smallest absolute Gasteiger partial charge is 0.417 e. The first-order valence-electron chi connectivity index (χ1n) is 13.3. The van der Waals surface area contributed by atoms with Crippen molar-refractivity contribution >= 4 is 39.1 Å². The lowest BCUT2D eigenvalue weighted by molar-refractivity contribution is -0.140. The van der Waals surface area contributed by atoms with Crippen LogP contribution in [0.15, 0.2) is 72.8 Å². The monoisotopic (exact) mass is 639 g/mol. The summed E-state index contributed by atoms with van der Waals surface area (Å²) in [7, 11) is -2.79. The van der Waals surface area contributed by atoms with Crippen molar-refractivity contribution < 1.29 is 35.9 Å². The van der Waals surface area contributed by atoms with E-state index in [2.05, 4.69) is 5.32 Å². The molecule has 0 spiro atoms. The van der Waals surface area contributed by atoms with Gasteiger partial charge < -0.3 is 15.0 Å². The van der Waals surface area contributed by atoms with Crippen LogP contribution in [0.2, 0.25) is 5.02 Å². The highest BCUT2D eigenvalue weighted by atomic mass is 35.5. The van der Waals surface area contributed by atoms with Gasteiger partial charge in [0.2, 0.25) is 21.8 Å². The molecule has 0 saturated carbocycles. The molecule has 0 fully saturated rings. The number of rotatable bonds is 13. The number of carbonyl (C=O) groups excluding carboxylic acids is 2. The molecule has 0 aliphatic carbocycles. The second-order valence-electron chi connectivity index (χ2n) is 9.80. The number of ether oxygens (including phenoxy) is 1. The molecule has 13 heteroatoms. The SMILES string of the molecule is CCCNC(=O)C(Cc1ccccc1)N(Cc1cccc(OC)c1)C(=O)CN(c1ccc(Cl)c(C(F)(F)F)c1)S(C)(=O)=O. The van der Waals surface area contributed by atoms with E-state index >= 15 is 0 Å². The van der Waals surface area contributed by atoms with Crippen molar-refractivity contribution in [2.75, 3.05) is 30.8 Å². The molecule has 0 aliphatic heterocycles. The first-order chi connectivity index (χ1) is 20.2.